The maximum atomic E-state index is 12.0. The maximum absolute atomic E-state index is 12.0. The minimum Gasteiger partial charge on any atom is -0.496 e. The first kappa shape index (κ1) is 14.9. The van der Waals surface area contributed by atoms with Gasteiger partial charge in [0.2, 0.25) is 5.91 Å². The number of hydrogen-bond donors (Lipinski definition) is 1. The summed E-state index contributed by atoms with van der Waals surface area (Å²) in [4.78, 5) is 12.0. The van der Waals surface area contributed by atoms with Crippen molar-refractivity contribution in [1.29, 1.82) is 0 Å². The molecule has 110 valence electrons. The van der Waals surface area contributed by atoms with E-state index in [1.165, 1.54) is 0 Å². The van der Waals surface area contributed by atoms with E-state index in [0.29, 0.717) is 13.2 Å². The second-order valence-corrected chi connectivity index (χ2v) is 5.80. The maximum Gasteiger partial charge on any atom is 0.249 e. The molecule has 2 rings (SSSR count). The fourth-order valence-corrected chi connectivity index (χ4v) is 2.51. The number of nitrogens with one attached hydrogen (secondary N) is 1. The van der Waals surface area contributed by atoms with Crippen LogP contribution in [0.2, 0.25) is 0 Å². The number of carbonyl (C=O) groups is 1. The van der Waals surface area contributed by atoms with Crippen LogP contribution < -0.4 is 10.1 Å². The van der Waals surface area contributed by atoms with Gasteiger partial charge < -0.3 is 14.8 Å². The number of amides is 1. The Morgan fingerprint density at radius 1 is 1.45 bits per heavy atom. The highest BCUT2D eigenvalue weighted by Crippen LogP contribution is 2.30. The molecule has 1 unspecified atom stereocenters. The Morgan fingerprint density at radius 3 is 2.85 bits per heavy atom. The molecule has 1 aliphatic rings. The lowest BCUT2D eigenvalue weighted by molar-refractivity contribution is -0.130. The molecule has 1 atom stereocenters. The van der Waals surface area contributed by atoms with Crippen molar-refractivity contribution in [3.63, 3.8) is 0 Å². The Labute approximate surface area is 120 Å². The van der Waals surface area contributed by atoms with E-state index >= 15 is 0 Å². The van der Waals surface area contributed by atoms with Gasteiger partial charge in [-0.3, -0.25) is 4.79 Å². The molecule has 0 spiro atoms. The number of carbonyl (C=O) groups excluding carboxylic acids is 1. The van der Waals surface area contributed by atoms with Gasteiger partial charge in [-0.1, -0.05) is 32.0 Å². The number of para-hydroxylation sites is 1. The first-order chi connectivity index (χ1) is 9.54. The van der Waals surface area contributed by atoms with Crippen molar-refractivity contribution in [2.75, 3.05) is 20.3 Å². The predicted octanol–water partition coefficient (Wildman–Crippen LogP) is 2.27. The Morgan fingerprint density at radius 2 is 2.20 bits per heavy atom. The predicted molar refractivity (Wildman–Crippen MR) is 78.0 cm³/mol. The SMILES string of the molecule is COc1ccccc1C(C)(C)CNC(=O)C1CCCO1. The molecule has 1 aromatic rings. The van der Waals surface area contributed by atoms with Crippen LogP contribution in [0.15, 0.2) is 24.3 Å². The van der Waals surface area contributed by atoms with Crippen LogP contribution in [0.25, 0.3) is 0 Å². The molecule has 0 radical (unpaired) electrons. The second-order valence-electron chi connectivity index (χ2n) is 5.80. The van der Waals surface area contributed by atoms with Crippen LogP contribution in [-0.4, -0.2) is 32.3 Å². The van der Waals surface area contributed by atoms with Gasteiger partial charge in [0, 0.05) is 24.1 Å². The fourth-order valence-electron chi connectivity index (χ4n) is 2.51. The van der Waals surface area contributed by atoms with Crippen molar-refractivity contribution in [2.24, 2.45) is 0 Å². The third kappa shape index (κ3) is 3.31. The molecule has 1 amide bonds. The summed E-state index contributed by atoms with van der Waals surface area (Å²) in [7, 11) is 1.67. The zero-order chi connectivity index (χ0) is 14.6. The van der Waals surface area contributed by atoms with Crippen molar-refractivity contribution in [3.05, 3.63) is 29.8 Å². The van der Waals surface area contributed by atoms with Crippen LogP contribution in [0.3, 0.4) is 0 Å². The van der Waals surface area contributed by atoms with E-state index in [9.17, 15) is 4.79 Å². The van der Waals surface area contributed by atoms with E-state index in [1.54, 1.807) is 7.11 Å². The first-order valence-corrected chi connectivity index (χ1v) is 7.07. The molecule has 20 heavy (non-hydrogen) atoms. The van der Waals surface area contributed by atoms with Crippen molar-refractivity contribution < 1.29 is 14.3 Å². The number of ether oxygens (including phenoxy) is 2. The van der Waals surface area contributed by atoms with Gasteiger partial charge in [-0.05, 0) is 18.9 Å². The summed E-state index contributed by atoms with van der Waals surface area (Å²) in [5.41, 5.74) is 0.899. The molecule has 1 N–H and O–H groups in total. The topological polar surface area (TPSA) is 47.6 Å². The second kappa shape index (κ2) is 6.27. The van der Waals surface area contributed by atoms with Crippen LogP contribution in [0.1, 0.15) is 32.3 Å². The third-order valence-electron chi connectivity index (χ3n) is 3.76. The van der Waals surface area contributed by atoms with E-state index in [2.05, 4.69) is 19.2 Å². The first-order valence-electron chi connectivity index (χ1n) is 7.07. The molecule has 1 aromatic carbocycles. The smallest absolute Gasteiger partial charge is 0.249 e. The van der Waals surface area contributed by atoms with Gasteiger partial charge in [0.25, 0.3) is 0 Å². The van der Waals surface area contributed by atoms with Gasteiger partial charge in [-0.15, -0.1) is 0 Å². The number of rotatable bonds is 5. The molecular weight excluding hydrogens is 254 g/mol. The number of methoxy groups -OCH3 is 1. The monoisotopic (exact) mass is 277 g/mol. The lowest BCUT2D eigenvalue weighted by atomic mass is 9.84. The number of hydrogen-bond acceptors (Lipinski definition) is 3. The average molecular weight is 277 g/mol. The van der Waals surface area contributed by atoms with Crippen molar-refractivity contribution in [3.8, 4) is 5.75 Å². The highest BCUT2D eigenvalue weighted by atomic mass is 16.5. The van der Waals surface area contributed by atoms with Gasteiger partial charge in [0.1, 0.15) is 11.9 Å². The quantitative estimate of drug-likeness (QED) is 0.898. The largest absolute Gasteiger partial charge is 0.496 e. The summed E-state index contributed by atoms with van der Waals surface area (Å²) in [5, 5.41) is 3.00. The summed E-state index contributed by atoms with van der Waals surface area (Å²) in [6.07, 6.45) is 1.51. The van der Waals surface area contributed by atoms with Gasteiger partial charge in [-0.2, -0.15) is 0 Å². The highest BCUT2D eigenvalue weighted by molar-refractivity contribution is 5.81. The molecule has 0 aliphatic carbocycles. The van der Waals surface area contributed by atoms with E-state index in [-0.39, 0.29) is 17.4 Å². The van der Waals surface area contributed by atoms with Crippen molar-refractivity contribution >= 4 is 5.91 Å². The molecule has 1 saturated heterocycles. The molecular formula is C16H23NO3. The standard InChI is InChI=1S/C16H23NO3/c1-16(2,12-7-4-5-8-13(12)19-3)11-17-15(18)14-9-6-10-20-14/h4-5,7-8,14H,6,9-11H2,1-3H3,(H,17,18). The van der Waals surface area contributed by atoms with Gasteiger partial charge in [0.05, 0.1) is 7.11 Å². The fraction of sp³-hybridized carbons (Fsp3) is 0.562. The highest BCUT2D eigenvalue weighted by Gasteiger charge is 2.28. The zero-order valence-corrected chi connectivity index (χ0v) is 12.4. The van der Waals surface area contributed by atoms with Gasteiger partial charge in [-0.25, -0.2) is 0 Å². The summed E-state index contributed by atoms with van der Waals surface area (Å²) < 4.78 is 10.8. The molecule has 0 saturated carbocycles. The van der Waals surface area contributed by atoms with Gasteiger partial charge in [0.15, 0.2) is 0 Å². The Hall–Kier alpha value is -1.55. The third-order valence-corrected chi connectivity index (χ3v) is 3.76. The Balaban J connectivity index is 2.01. The zero-order valence-electron chi connectivity index (χ0n) is 12.4. The van der Waals surface area contributed by atoms with E-state index in [0.717, 1.165) is 24.2 Å². The van der Waals surface area contributed by atoms with E-state index < -0.39 is 0 Å². The van der Waals surface area contributed by atoms with Crippen LogP contribution in [0.5, 0.6) is 5.75 Å². The minimum absolute atomic E-state index is 0.00882. The van der Waals surface area contributed by atoms with Crippen molar-refractivity contribution in [1.82, 2.24) is 5.32 Å². The summed E-state index contributed by atoms with van der Waals surface area (Å²) in [6, 6.07) is 7.92. The Bertz CT molecular complexity index is 465. The summed E-state index contributed by atoms with van der Waals surface area (Å²) >= 11 is 0. The molecule has 1 aliphatic heterocycles. The molecule has 4 heteroatoms. The van der Waals surface area contributed by atoms with Crippen LogP contribution in [0.4, 0.5) is 0 Å². The lowest BCUT2D eigenvalue weighted by Gasteiger charge is -2.28. The van der Waals surface area contributed by atoms with Crippen molar-refractivity contribution in [2.45, 2.75) is 38.2 Å². The van der Waals surface area contributed by atoms with Gasteiger partial charge >= 0.3 is 0 Å². The average Bonchev–Trinajstić information content (AvgIpc) is 2.99. The molecule has 0 aromatic heterocycles. The molecule has 1 heterocycles. The summed E-state index contributed by atoms with van der Waals surface area (Å²) in [5.74, 6) is 0.842. The Kier molecular flexibility index (Phi) is 4.65. The lowest BCUT2D eigenvalue weighted by Crippen LogP contribution is -2.41. The minimum atomic E-state index is -0.275. The normalized spacial score (nSPS) is 18.9. The molecule has 0 bridgehead atoms. The van der Waals surface area contributed by atoms with E-state index in [1.807, 2.05) is 24.3 Å². The number of benzene rings is 1. The summed E-state index contributed by atoms with van der Waals surface area (Å²) in [6.45, 7) is 5.45. The molecule has 1 fully saturated rings. The van der Waals surface area contributed by atoms with Crippen LogP contribution in [0, 0.1) is 0 Å². The molecule has 4 nitrogen and oxygen atoms in total. The van der Waals surface area contributed by atoms with Crippen LogP contribution >= 0.6 is 0 Å². The van der Waals surface area contributed by atoms with Crippen LogP contribution in [-0.2, 0) is 14.9 Å². The van der Waals surface area contributed by atoms with E-state index in [4.69, 9.17) is 9.47 Å².